The number of fused-ring (bicyclic) bond motifs is 1. The van der Waals surface area contributed by atoms with Gasteiger partial charge in [-0.3, -0.25) is 0 Å². The van der Waals surface area contributed by atoms with E-state index in [0.717, 1.165) is 11.5 Å². The van der Waals surface area contributed by atoms with Crippen molar-refractivity contribution < 1.29 is 9.47 Å². The highest BCUT2D eigenvalue weighted by molar-refractivity contribution is 5.44. The Bertz CT molecular complexity index is 306. The lowest BCUT2D eigenvalue weighted by Gasteiger charge is -2.19. The lowest BCUT2D eigenvalue weighted by molar-refractivity contribution is 0.171. The van der Waals surface area contributed by atoms with Crippen LogP contribution in [0.15, 0.2) is 18.2 Å². The molecule has 1 heterocycles. The Balaban J connectivity index is 0.000000581. The van der Waals surface area contributed by atoms with E-state index in [0.29, 0.717) is 19.1 Å². The van der Waals surface area contributed by atoms with Crippen molar-refractivity contribution in [3.05, 3.63) is 23.8 Å². The van der Waals surface area contributed by atoms with Crippen LogP contribution in [0, 0.1) is 0 Å². The maximum Gasteiger partial charge on any atom is 0.161 e. The van der Waals surface area contributed by atoms with Gasteiger partial charge in [0.1, 0.15) is 13.2 Å². The Morgan fingerprint density at radius 1 is 0.882 bits per heavy atom. The maximum absolute atomic E-state index is 5.49. The van der Waals surface area contributed by atoms with Crippen LogP contribution in [0.4, 0.5) is 0 Å². The normalized spacial score (nSPS) is 11.9. The molecule has 1 aliphatic heterocycles. The van der Waals surface area contributed by atoms with E-state index in [9.17, 15) is 0 Å². The Kier molecular flexibility index (Phi) is 8.29. The number of hydrogen-bond acceptors (Lipinski definition) is 2. The van der Waals surface area contributed by atoms with Crippen molar-refractivity contribution in [2.45, 2.75) is 47.5 Å². The molecule has 0 bridgehead atoms. The summed E-state index contributed by atoms with van der Waals surface area (Å²) >= 11 is 0. The smallest absolute Gasteiger partial charge is 0.161 e. The molecule has 0 aliphatic carbocycles. The van der Waals surface area contributed by atoms with Crippen molar-refractivity contribution in [3.63, 3.8) is 0 Å². The van der Waals surface area contributed by atoms with E-state index in [1.165, 1.54) is 5.56 Å². The summed E-state index contributed by atoms with van der Waals surface area (Å²) in [7, 11) is 0. The van der Waals surface area contributed by atoms with Crippen LogP contribution in [-0.2, 0) is 0 Å². The SMILES string of the molecule is CC.CC.CC(C)c1ccc2c(c1)OCCO2. The van der Waals surface area contributed by atoms with Crippen LogP contribution in [0.1, 0.15) is 53.0 Å². The predicted molar refractivity (Wildman–Crippen MR) is 74.2 cm³/mol. The number of hydrogen-bond donors (Lipinski definition) is 0. The zero-order valence-electron chi connectivity index (χ0n) is 12.0. The van der Waals surface area contributed by atoms with Crippen LogP contribution in [0.5, 0.6) is 11.5 Å². The molecule has 0 fully saturated rings. The van der Waals surface area contributed by atoms with Gasteiger partial charge in [0, 0.05) is 0 Å². The lowest BCUT2D eigenvalue weighted by Crippen LogP contribution is -2.15. The van der Waals surface area contributed by atoms with Gasteiger partial charge in [-0.25, -0.2) is 0 Å². The molecule has 0 unspecified atom stereocenters. The minimum atomic E-state index is 0.538. The summed E-state index contributed by atoms with van der Waals surface area (Å²) in [4.78, 5) is 0. The van der Waals surface area contributed by atoms with Gasteiger partial charge < -0.3 is 9.47 Å². The molecule has 0 amide bonds. The Labute approximate surface area is 106 Å². The molecule has 0 N–H and O–H groups in total. The summed E-state index contributed by atoms with van der Waals surface area (Å²) in [6.45, 7) is 13.7. The van der Waals surface area contributed by atoms with E-state index in [1.807, 2.05) is 33.8 Å². The molecule has 2 heteroatoms. The van der Waals surface area contributed by atoms with Crippen molar-refractivity contribution in [1.82, 2.24) is 0 Å². The van der Waals surface area contributed by atoms with Gasteiger partial charge in [-0.05, 0) is 23.6 Å². The van der Waals surface area contributed by atoms with Gasteiger partial charge >= 0.3 is 0 Å². The molecule has 0 aromatic heterocycles. The summed E-state index contributed by atoms with van der Waals surface area (Å²) in [5.41, 5.74) is 1.30. The molecular weight excluding hydrogens is 212 g/mol. The van der Waals surface area contributed by atoms with Crippen LogP contribution >= 0.6 is 0 Å². The molecule has 2 rings (SSSR count). The predicted octanol–water partition coefficient (Wildman–Crippen LogP) is 4.63. The second kappa shape index (κ2) is 8.91. The van der Waals surface area contributed by atoms with E-state index in [1.54, 1.807) is 0 Å². The average Bonchev–Trinajstić information content (AvgIpc) is 2.42. The lowest BCUT2D eigenvalue weighted by atomic mass is 10.0. The van der Waals surface area contributed by atoms with Crippen LogP contribution in [-0.4, -0.2) is 13.2 Å². The first-order valence-corrected chi connectivity index (χ1v) is 6.67. The summed E-state index contributed by atoms with van der Waals surface area (Å²) in [5, 5.41) is 0. The summed E-state index contributed by atoms with van der Waals surface area (Å²) in [6.07, 6.45) is 0. The van der Waals surface area contributed by atoms with Gasteiger partial charge in [0.2, 0.25) is 0 Å². The van der Waals surface area contributed by atoms with Crippen molar-refractivity contribution in [1.29, 1.82) is 0 Å². The van der Waals surface area contributed by atoms with Gasteiger partial charge in [0.15, 0.2) is 11.5 Å². The first-order valence-electron chi connectivity index (χ1n) is 6.67. The van der Waals surface area contributed by atoms with Gasteiger partial charge in [0.05, 0.1) is 0 Å². The van der Waals surface area contributed by atoms with Crippen LogP contribution in [0.3, 0.4) is 0 Å². The van der Waals surface area contributed by atoms with Crippen molar-refractivity contribution >= 4 is 0 Å². The van der Waals surface area contributed by atoms with Gasteiger partial charge in [-0.2, -0.15) is 0 Å². The molecule has 0 saturated heterocycles. The fourth-order valence-corrected chi connectivity index (χ4v) is 1.42. The number of ether oxygens (including phenoxy) is 2. The second-order valence-corrected chi connectivity index (χ2v) is 3.56. The summed E-state index contributed by atoms with van der Waals surface area (Å²) in [6, 6.07) is 6.15. The second-order valence-electron chi connectivity index (χ2n) is 3.56. The number of benzene rings is 1. The molecule has 0 spiro atoms. The third kappa shape index (κ3) is 4.68. The molecule has 17 heavy (non-hydrogen) atoms. The molecule has 0 saturated carbocycles. The fraction of sp³-hybridized carbons (Fsp3) is 0.600. The maximum atomic E-state index is 5.49. The Morgan fingerprint density at radius 2 is 1.41 bits per heavy atom. The van der Waals surface area contributed by atoms with Gasteiger partial charge in [0.25, 0.3) is 0 Å². The molecule has 0 radical (unpaired) electrons. The minimum absolute atomic E-state index is 0.538. The van der Waals surface area contributed by atoms with Gasteiger partial charge in [-0.1, -0.05) is 47.6 Å². The highest BCUT2D eigenvalue weighted by Crippen LogP contribution is 2.32. The van der Waals surface area contributed by atoms with E-state index in [-0.39, 0.29) is 0 Å². The van der Waals surface area contributed by atoms with Crippen molar-refractivity contribution in [2.75, 3.05) is 13.2 Å². The van der Waals surface area contributed by atoms with E-state index in [2.05, 4.69) is 26.0 Å². The third-order valence-corrected chi connectivity index (χ3v) is 2.23. The summed E-state index contributed by atoms with van der Waals surface area (Å²) < 4.78 is 10.9. The minimum Gasteiger partial charge on any atom is -0.486 e. The van der Waals surface area contributed by atoms with Crippen molar-refractivity contribution in [2.24, 2.45) is 0 Å². The van der Waals surface area contributed by atoms with Crippen LogP contribution in [0.2, 0.25) is 0 Å². The third-order valence-electron chi connectivity index (χ3n) is 2.23. The highest BCUT2D eigenvalue weighted by atomic mass is 16.6. The standard InChI is InChI=1S/C11H14O2.2C2H6/c1-8(2)9-3-4-10-11(7-9)13-6-5-12-10;2*1-2/h3-4,7-8H,5-6H2,1-2H3;2*1-2H3. The largest absolute Gasteiger partial charge is 0.486 e. The zero-order chi connectivity index (χ0) is 13.3. The Hall–Kier alpha value is -1.18. The highest BCUT2D eigenvalue weighted by Gasteiger charge is 2.12. The molecule has 0 atom stereocenters. The molecule has 98 valence electrons. The molecular formula is C15H26O2. The number of rotatable bonds is 1. The van der Waals surface area contributed by atoms with Crippen LogP contribution < -0.4 is 9.47 Å². The fourth-order valence-electron chi connectivity index (χ4n) is 1.42. The van der Waals surface area contributed by atoms with Crippen LogP contribution in [0.25, 0.3) is 0 Å². The van der Waals surface area contributed by atoms with E-state index < -0.39 is 0 Å². The molecule has 1 aromatic carbocycles. The quantitative estimate of drug-likeness (QED) is 0.710. The molecule has 2 nitrogen and oxygen atoms in total. The molecule has 1 aliphatic rings. The molecule has 1 aromatic rings. The van der Waals surface area contributed by atoms with E-state index in [4.69, 9.17) is 9.47 Å². The monoisotopic (exact) mass is 238 g/mol. The first-order chi connectivity index (χ1) is 8.27. The van der Waals surface area contributed by atoms with Crippen molar-refractivity contribution in [3.8, 4) is 11.5 Å². The van der Waals surface area contributed by atoms with E-state index >= 15 is 0 Å². The Morgan fingerprint density at radius 3 is 1.94 bits per heavy atom. The topological polar surface area (TPSA) is 18.5 Å². The average molecular weight is 238 g/mol. The van der Waals surface area contributed by atoms with Gasteiger partial charge in [-0.15, -0.1) is 0 Å². The first kappa shape index (κ1) is 15.8. The zero-order valence-corrected chi connectivity index (χ0v) is 12.0. The summed E-state index contributed by atoms with van der Waals surface area (Å²) in [5.74, 6) is 2.30.